The first-order valence-electron chi connectivity index (χ1n) is 17.1. The summed E-state index contributed by atoms with van der Waals surface area (Å²) in [6.07, 6.45) is 4.11. The maximum absolute atomic E-state index is 14.8. The van der Waals surface area contributed by atoms with Gasteiger partial charge in [0.25, 0.3) is 10.0 Å². The topological polar surface area (TPSA) is 96.0 Å². The number of nitrogens with one attached hydrogen (secondary N) is 1. The van der Waals surface area contributed by atoms with E-state index in [1.54, 1.807) is 42.5 Å². The molecular weight excluding hydrogens is 726 g/mol. The van der Waals surface area contributed by atoms with Gasteiger partial charge >= 0.3 is 0 Å². The molecule has 0 aromatic heterocycles. The number of benzene rings is 5. The molecule has 0 aliphatic heterocycles. The zero-order chi connectivity index (χ0) is 35.6. The van der Waals surface area contributed by atoms with Gasteiger partial charge in [-0.05, 0) is 84.6 Å². The van der Waals surface area contributed by atoms with Crippen LogP contribution in [-0.4, -0.2) is 43.8 Å². The Morgan fingerprint density at radius 2 is 1.29 bits per heavy atom. The molecule has 5 aromatic carbocycles. The summed E-state index contributed by atoms with van der Waals surface area (Å²) in [6, 6.07) is 40.2. The zero-order valence-corrected chi connectivity index (χ0v) is 30.5. The first-order chi connectivity index (χ1) is 24.8. The molecule has 8 nitrogen and oxygen atoms in total. The summed E-state index contributed by atoms with van der Waals surface area (Å²) in [5, 5.41) is 3.21. The molecule has 0 bridgehead atoms. The number of hydrogen-bond donors (Lipinski definition) is 1. The predicted octanol–water partition coefficient (Wildman–Crippen LogP) is 8.14. The maximum atomic E-state index is 14.8. The number of carbonyl (C=O) groups excluding carboxylic acids is 2. The first kappa shape index (κ1) is 35.9. The van der Waals surface area contributed by atoms with Crippen LogP contribution in [0, 0.1) is 0 Å². The molecule has 0 unspecified atom stereocenters. The van der Waals surface area contributed by atoms with Crippen molar-refractivity contribution in [1.82, 2.24) is 10.2 Å². The third-order valence-electron chi connectivity index (χ3n) is 8.95. The summed E-state index contributed by atoms with van der Waals surface area (Å²) >= 11 is 3.48. The summed E-state index contributed by atoms with van der Waals surface area (Å²) in [6.45, 7) is -0.431. The van der Waals surface area contributed by atoms with E-state index in [4.69, 9.17) is 4.74 Å². The molecule has 10 heteroatoms. The van der Waals surface area contributed by atoms with Gasteiger partial charge in [-0.3, -0.25) is 13.9 Å². The van der Waals surface area contributed by atoms with Crippen LogP contribution in [0.4, 0.5) is 5.69 Å². The van der Waals surface area contributed by atoms with Crippen LogP contribution in [0.5, 0.6) is 11.5 Å². The number of amides is 2. The van der Waals surface area contributed by atoms with Crippen molar-refractivity contribution in [2.75, 3.05) is 10.8 Å². The summed E-state index contributed by atoms with van der Waals surface area (Å²) in [7, 11) is -4.22. The first-order valence-corrected chi connectivity index (χ1v) is 19.3. The van der Waals surface area contributed by atoms with Crippen molar-refractivity contribution in [1.29, 1.82) is 0 Å². The van der Waals surface area contributed by atoms with Gasteiger partial charge in [0, 0.05) is 23.5 Å². The van der Waals surface area contributed by atoms with Gasteiger partial charge in [0.2, 0.25) is 11.8 Å². The number of rotatable bonds is 14. The summed E-state index contributed by atoms with van der Waals surface area (Å²) in [4.78, 5) is 30.5. The lowest BCUT2D eigenvalue weighted by molar-refractivity contribution is -0.140. The Balaban J connectivity index is 1.37. The second kappa shape index (κ2) is 16.9. The molecule has 1 atom stereocenters. The van der Waals surface area contributed by atoms with Crippen molar-refractivity contribution < 1.29 is 22.7 Å². The molecule has 6 rings (SSSR count). The summed E-state index contributed by atoms with van der Waals surface area (Å²) in [5.74, 6) is 0.385. The second-order valence-electron chi connectivity index (χ2n) is 12.6. The van der Waals surface area contributed by atoms with Crippen LogP contribution in [0.2, 0.25) is 0 Å². The Morgan fingerprint density at radius 1 is 0.725 bits per heavy atom. The minimum Gasteiger partial charge on any atom is -0.457 e. The second-order valence-corrected chi connectivity index (χ2v) is 15.4. The van der Waals surface area contributed by atoms with Crippen molar-refractivity contribution in [2.24, 2.45) is 0 Å². The molecule has 1 N–H and O–H groups in total. The Hall–Kier alpha value is -4.93. The number of ether oxygens (including phenoxy) is 1. The Kier molecular flexibility index (Phi) is 11.9. The molecule has 0 heterocycles. The molecule has 0 saturated heterocycles. The fourth-order valence-corrected chi connectivity index (χ4v) is 7.96. The number of halogens is 1. The molecule has 51 heavy (non-hydrogen) atoms. The number of nitrogens with zero attached hydrogens (tertiary/aromatic N) is 2. The third-order valence-corrected chi connectivity index (χ3v) is 11.3. The van der Waals surface area contributed by atoms with Gasteiger partial charge in [-0.1, -0.05) is 108 Å². The third kappa shape index (κ3) is 9.45. The van der Waals surface area contributed by atoms with Gasteiger partial charge < -0.3 is 15.0 Å². The van der Waals surface area contributed by atoms with Crippen molar-refractivity contribution in [3.05, 3.63) is 155 Å². The zero-order valence-electron chi connectivity index (χ0n) is 28.1. The minimum absolute atomic E-state index is 0.0342. The number of hydrogen-bond acceptors (Lipinski definition) is 5. The van der Waals surface area contributed by atoms with E-state index in [0.717, 1.165) is 45.6 Å². The fraction of sp³-hybridized carbons (Fsp3) is 0.220. The monoisotopic (exact) mass is 765 g/mol. The van der Waals surface area contributed by atoms with E-state index in [0.29, 0.717) is 11.5 Å². The average molecular weight is 767 g/mol. The van der Waals surface area contributed by atoms with E-state index in [9.17, 15) is 18.0 Å². The highest BCUT2D eigenvalue weighted by Crippen LogP contribution is 2.29. The number of para-hydroxylation sites is 1. The highest BCUT2D eigenvalue weighted by molar-refractivity contribution is 9.10. The Morgan fingerprint density at radius 3 is 1.92 bits per heavy atom. The number of carbonyl (C=O) groups is 2. The molecule has 2 amide bonds. The van der Waals surface area contributed by atoms with Gasteiger partial charge in [-0.25, -0.2) is 8.42 Å². The van der Waals surface area contributed by atoms with E-state index in [1.807, 2.05) is 84.9 Å². The van der Waals surface area contributed by atoms with Crippen molar-refractivity contribution in [3.8, 4) is 11.5 Å². The number of anilines is 1. The van der Waals surface area contributed by atoms with E-state index in [2.05, 4.69) is 21.2 Å². The normalized spacial score (nSPS) is 13.7. The summed E-state index contributed by atoms with van der Waals surface area (Å²) in [5.41, 5.74) is 1.98. The lowest BCUT2D eigenvalue weighted by Gasteiger charge is -2.34. The average Bonchev–Trinajstić information content (AvgIpc) is 3.67. The smallest absolute Gasteiger partial charge is 0.264 e. The van der Waals surface area contributed by atoms with Gasteiger partial charge in [-0.2, -0.15) is 0 Å². The van der Waals surface area contributed by atoms with Gasteiger partial charge in [0.15, 0.2) is 0 Å². The SMILES string of the molecule is O=C(NC1CCCC1)[C@@H](Cc1ccccc1)N(Cc1ccc(Br)cc1)C(=O)CN(c1ccc(Oc2ccccc2)cc1)S(=O)(=O)c1ccccc1. The molecule has 1 fully saturated rings. The van der Waals surface area contributed by atoms with Crippen LogP contribution in [0.15, 0.2) is 149 Å². The van der Waals surface area contributed by atoms with Gasteiger partial charge in [0.1, 0.15) is 24.1 Å². The molecule has 0 radical (unpaired) electrons. The molecule has 1 saturated carbocycles. The van der Waals surface area contributed by atoms with E-state index < -0.39 is 28.5 Å². The quantitative estimate of drug-likeness (QED) is 0.123. The highest BCUT2D eigenvalue weighted by atomic mass is 79.9. The number of sulfonamides is 1. The van der Waals surface area contributed by atoms with Crippen molar-refractivity contribution >= 4 is 43.5 Å². The molecule has 5 aromatic rings. The van der Waals surface area contributed by atoms with E-state index in [-0.39, 0.29) is 35.5 Å². The van der Waals surface area contributed by atoms with Gasteiger partial charge in [-0.15, -0.1) is 0 Å². The van der Waals surface area contributed by atoms with Crippen LogP contribution < -0.4 is 14.4 Å². The molecule has 1 aliphatic carbocycles. The largest absolute Gasteiger partial charge is 0.457 e. The summed E-state index contributed by atoms with van der Waals surface area (Å²) < 4.78 is 36.6. The van der Waals surface area contributed by atoms with Crippen LogP contribution in [0.3, 0.4) is 0 Å². The van der Waals surface area contributed by atoms with Crippen LogP contribution in [0.1, 0.15) is 36.8 Å². The fourth-order valence-electron chi connectivity index (χ4n) is 6.26. The van der Waals surface area contributed by atoms with E-state index >= 15 is 0 Å². The van der Waals surface area contributed by atoms with Gasteiger partial charge in [0.05, 0.1) is 10.6 Å². The minimum atomic E-state index is -4.22. The highest BCUT2D eigenvalue weighted by Gasteiger charge is 2.35. The van der Waals surface area contributed by atoms with E-state index in [1.165, 1.54) is 17.0 Å². The molecule has 262 valence electrons. The molecule has 1 aliphatic rings. The predicted molar refractivity (Wildman–Crippen MR) is 203 cm³/mol. The van der Waals surface area contributed by atoms with Crippen LogP contribution in [0.25, 0.3) is 0 Å². The molecule has 0 spiro atoms. The standard InChI is InChI=1S/C41H40BrN3O5S/c42-33-22-20-32(21-23-33)29-44(39(28-31-12-4-1-5-13-31)41(47)43-34-14-10-11-15-34)40(46)30-45(51(48,49)38-18-8-3-9-19-38)35-24-26-37(27-25-35)50-36-16-6-2-7-17-36/h1-9,12-13,16-27,34,39H,10-11,14-15,28-30H2,(H,43,47)/t39-/m1/s1. The Bertz CT molecular complexity index is 1990. The Labute approximate surface area is 308 Å². The van der Waals surface area contributed by atoms with Crippen molar-refractivity contribution in [3.63, 3.8) is 0 Å². The van der Waals surface area contributed by atoms with Crippen LogP contribution >= 0.6 is 15.9 Å². The van der Waals surface area contributed by atoms with Crippen molar-refractivity contribution in [2.45, 2.75) is 55.6 Å². The lowest BCUT2D eigenvalue weighted by Crippen LogP contribution is -2.54. The molecular formula is C41H40BrN3O5S. The maximum Gasteiger partial charge on any atom is 0.264 e. The lowest BCUT2D eigenvalue weighted by atomic mass is 10.0. The van der Waals surface area contributed by atoms with Crippen LogP contribution in [-0.2, 0) is 32.6 Å².